The van der Waals surface area contributed by atoms with Gasteiger partial charge < -0.3 is 9.84 Å². The maximum Gasteiger partial charge on any atom is 1.00 e. The SMILES string of the molecule is [K+].[O-]CCOCCCCCCCCCCc1ccc(C#CS(F)(F)(F)(F)F)cc1. The van der Waals surface area contributed by atoms with Gasteiger partial charge in [-0.25, -0.2) is 0 Å². The summed E-state index contributed by atoms with van der Waals surface area (Å²) in [6.45, 7) is 0.767. The molecule has 0 amide bonds. The van der Waals surface area contributed by atoms with Crippen molar-refractivity contribution in [2.45, 2.75) is 57.8 Å². The van der Waals surface area contributed by atoms with Crippen molar-refractivity contribution in [2.24, 2.45) is 0 Å². The van der Waals surface area contributed by atoms with Gasteiger partial charge in [-0.3, -0.25) is 0 Å². The molecule has 2 nitrogen and oxygen atoms in total. The quantitative estimate of drug-likeness (QED) is 0.193. The van der Waals surface area contributed by atoms with Crippen molar-refractivity contribution in [1.82, 2.24) is 0 Å². The van der Waals surface area contributed by atoms with Gasteiger partial charge in [-0.2, -0.15) is 0 Å². The van der Waals surface area contributed by atoms with Crippen LogP contribution in [0.5, 0.6) is 0 Å². The van der Waals surface area contributed by atoms with Crippen LogP contribution in [0.25, 0.3) is 0 Å². The zero-order chi connectivity index (χ0) is 21.0. The van der Waals surface area contributed by atoms with Crippen molar-refractivity contribution in [2.75, 3.05) is 19.8 Å². The number of hydrogen-bond acceptors (Lipinski definition) is 2. The van der Waals surface area contributed by atoms with Crippen LogP contribution in [-0.4, -0.2) is 19.8 Å². The van der Waals surface area contributed by atoms with Gasteiger partial charge in [0.25, 0.3) is 0 Å². The minimum absolute atomic E-state index is 0. The second kappa shape index (κ2) is 13.0. The maximum absolute atomic E-state index is 12.2. The van der Waals surface area contributed by atoms with E-state index in [1.807, 2.05) is 0 Å². The summed E-state index contributed by atoms with van der Waals surface area (Å²) in [6, 6.07) is 5.94. The van der Waals surface area contributed by atoms with Crippen molar-refractivity contribution >= 4 is 10.2 Å². The van der Waals surface area contributed by atoms with Crippen LogP contribution in [-0.2, 0) is 11.2 Å². The third-order valence-corrected chi connectivity index (χ3v) is 4.56. The van der Waals surface area contributed by atoms with Crippen LogP contribution in [0.4, 0.5) is 19.4 Å². The molecule has 0 saturated heterocycles. The minimum Gasteiger partial charge on any atom is -0.853 e. The van der Waals surface area contributed by atoms with E-state index in [-0.39, 0.29) is 68.8 Å². The Labute approximate surface area is 213 Å². The molecule has 0 radical (unpaired) electrons. The predicted molar refractivity (Wildman–Crippen MR) is 103 cm³/mol. The summed E-state index contributed by atoms with van der Waals surface area (Å²) in [5.41, 5.74) is 0.881. The Kier molecular flexibility index (Phi) is 13.2. The molecule has 0 aromatic heterocycles. The van der Waals surface area contributed by atoms with Crippen molar-refractivity contribution in [3.63, 3.8) is 0 Å². The van der Waals surface area contributed by atoms with Crippen molar-refractivity contribution in [3.8, 4) is 11.2 Å². The summed E-state index contributed by atoms with van der Waals surface area (Å²) in [5.74, 6) is 1.51. The Balaban J connectivity index is 0.00000784. The molecule has 0 aliphatic carbocycles. The van der Waals surface area contributed by atoms with E-state index < -0.39 is 10.2 Å². The van der Waals surface area contributed by atoms with Crippen molar-refractivity contribution < 1.29 is 80.7 Å². The van der Waals surface area contributed by atoms with Crippen molar-refractivity contribution in [3.05, 3.63) is 35.4 Å². The second-order valence-corrected chi connectivity index (χ2v) is 8.93. The molecule has 0 unspecified atom stereocenters. The zero-order valence-electron chi connectivity index (χ0n) is 16.9. The molecule has 29 heavy (non-hydrogen) atoms. The predicted octanol–water partition coefficient (Wildman–Crippen LogP) is 3.34. The molecule has 0 N–H and O–H groups in total. The van der Waals surface area contributed by atoms with Crippen LogP contribution in [0.2, 0.25) is 0 Å². The van der Waals surface area contributed by atoms with E-state index in [4.69, 9.17) is 4.74 Å². The molecule has 0 aliphatic rings. The van der Waals surface area contributed by atoms with Gasteiger partial charge in [0.1, 0.15) is 0 Å². The normalized spacial score (nSPS) is 13.6. The first-order valence-corrected chi connectivity index (χ1v) is 11.5. The number of aryl methyl sites for hydroxylation is 1. The first kappa shape index (κ1) is 29.3. The van der Waals surface area contributed by atoms with Crippen LogP contribution in [0, 0.1) is 11.2 Å². The van der Waals surface area contributed by atoms with Gasteiger partial charge in [0.15, 0.2) is 0 Å². The Hall–Kier alpha value is 0.336. The second-order valence-electron chi connectivity index (χ2n) is 6.79. The first-order chi connectivity index (χ1) is 13.0. The summed E-state index contributed by atoms with van der Waals surface area (Å²) < 4.78 is 66.1. The Morgan fingerprint density at radius 1 is 0.759 bits per heavy atom. The number of ether oxygens (including phenoxy) is 1. The van der Waals surface area contributed by atoms with Crippen LogP contribution in [0.3, 0.4) is 0 Å². The molecule has 9 heteroatoms. The summed E-state index contributed by atoms with van der Waals surface area (Å²) in [5, 5.41) is 10.4. The first-order valence-electron chi connectivity index (χ1n) is 9.52. The fourth-order valence-corrected chi connectivity index (χ4v) is 2.98. The standard InChI is InChI=1S/C20H28F5O2S.K/c21-28(22,23,24,25)18-14-20-12-10-19(11-13-20)9-7-5-3-1-2-4-6-8-16-27-17-15-26;/h10-13H,1-9,15-17H2;/q-1;+1. The number of unbranched alkanes of at least 4 members (excludes halogenated alkanes) is 7. The fourth-order valence-electron chi connectivity index (χ4n) is 2.67. The van der Waals surface area contributed by atoms with Gasteiger partial charge in [0, 0.05) is 18.8 Å². The topological polar surface area (TPSA) is 32.3 Å². The average molecular weight is 467 g/mol. The van der Waals surface area contributed by atoms with Gasteiger partial charge in [-0.1, -0.05) is 70.1 Å². The van der Waals surface area contributed by atoms with Crippen LogP contribution >= 0.6 is 10.2 Å². The molecule has 1 aromatic carbocycles. The summed E-state index contributed by atoms with van der Waals surface area (Å²) in [4.78, 5) is 0. The monoisotopic (exact) mass is 466 g/mol. The summed E-state index contributed by atoms with van der Waals surface area (Å²) in [6.07, 6.45) is 9.54. The average Bonchev–Trinajstić information content (AvgIpc) is 2.60. The number of benzene rings is 1. The zero-order valence-corrected chi connectivity index (χ0v) is 20.8. The van der Waals surface area contributed by atoms with E-state index in [1.54, 1.807) is 12.1 Å². The van der Waals surface area contributed by atoms with Gasteiger partial charge in [-0.15, -0.1) is 6.61 Å². The maximum atomic E-state index is 12.2. The Morgan fingerprint density at radius 2 is 1.28 bits per heavy atom. The van der Waals surface area contributed by atoms with E-state index in [0.29, 0.717) is 13.2 Å². The summed E-state index contributed by atoms with van der Waals surface area (Å²) in [7, 11) is -9.68. The van der Waals surface area contributed by atoms with Crippen molar-refractivity contribution in [1.29, 1.82) is 0 Å². The molecule has 162 valence electrons. The minimum atomic E-state index is -9.68. The van der Waals surface area contributed by atoms with Gasteiger partial charge in [0.2, 0.25) is 0 Å². The van der Waals surface area contributed by atoms with Crippen LogP contribution in [0.15, 0.2) is 24.3 Å². The molecule has 0 atom stereocenters. The molecule has 1 rings (SSSR count). The third-order valence-electron chi connectivity index (χ3n) is 4.07. The Morgan fingerprint density at radius 3 is 1.79 bits per heavy atom. The molecule has 0 spiro atoms. The number of halogens is 5. The molecule has 1 aromatic rings. The van der Waals surface area contributed by atoms with E-state index in [9.17, 15) is 24.5 Å². The van der Waals surface area contributed by atoms with Gasteiger partial charge in [0.05, 0.1) is 5.25 Å². The van der Waals surface area contributed by atoms with E-state index in [1.165, 1.54) is 24.5 Å². The van der Waals surface area contributed by atoms with E-state index in [2.05, 4.69) is 0 Å². The molecular formula is C20H28F5KO2S. The molecule has 0 fully saturated rings. The molecule has 0 bridgehead atoms. The molecule has 0 aliphatic heterocycles. The fraction of sp³-hybridized carbons (Fsp3) is 0.600. The molecular weight excluding hydrogens is 438 g/mol. The van der Waals surface area contributed by atoms with Crippen LogP contribution < -0.4 is 56.5 Å². The van der Waals surface area contributed by atoms with Gasteiger partial charge in [-0.05, 0) is 42.9 Å². The van der Waals surface area contributed by atoms with Crippen LogP contribution in [0.1, 0.15) is 62.5 Å². The largest absolute Gasteiger partial charge is 1.00 e. The Bertz CT molecular complexity index is 639. The smallest absolute Gasteiger partial charge is 0.853 e. The summed E-state index contributed by atoms with van der Waals surface area (Å²) >= 11 is 0. The number of rotatable bonds is 13. The van der Waals surface area contributed by atoms with E-state index in [0.717, 1.165) is 56.9 Å². The van der Waals surface area contributed by atoms with Gasteiger partial charge >= 0.3 is 61.6 Å². The third kappa shape index (κ3) is 18.8. The molecule has 0 heterocycles. The number of hydrogen-bond donors (Lipinski definition) is 0. The van der Waals surface area contributed by atoms with E-state index >= 15 is 0 Å². The molecule has 0 saturated carbocycles.